The third-order valence-corrected chi connectivity index (χ3v) is 5.02. The Bertz CT molecular complexity index is 1140. The minimum absolute atomic E-state index is 0.173. The van der Waals surface area contributed by atoms with Gasteiger partial charge in [0, 0.05) is 0 Å². The van der Waals surface area contributed by atoms with Gasteiger partial charge in [-0.3, -0.25) is 4.79 Å². The number of ether oxygens (including phenoxy) is 4. The normalized spacial score (nSPS) is 10.6. The van der Waals surface area contributed by atoms with Gasteiger partial charge in [0.15, 0.2) is 6.61 Å². The summed E-state index contributed by atoms with van der Waals surface area (Å²) in [5, 5.41) is 3.93. The standard InChI is InChI=1S/C29H32N2O6/c1-3-5-19-35-25-14-16-26(17-15-25)36-21-28(32)31-30-20-22-6-10-27(11-7-22)37-29(33)23-8-12-24(13-9-23)34-18-4-2/h6-17,20H,3-5,18-19,21H2,1-2H3,(H,31,32)/b30-20-. The first kappa shape index (κ1) is 27.3. The molecular weight excluding hydrogens is 472 g/mol. The molecule has 0 spiro atoms. The van der Waals surface area contributed by atoms with Gasteiger partial charge in [-0.1, -0.05) is 20.3 Å². The van der Waals surface area contributed by atoms with Gasteiger partial charge in [-0.25, -0.2) is 10.2 Å². The van der Waals surface area contributed by atoms with Crippen LogP contribution in [0.25, 0.3) is 0 Å². The monoisotopic (exact) mass is 504 g/mol. The van der Waals surface area contributed by atoms with Gasteiger partial charge in [-0.05, 0) is 91.2 Å². The number of hydrogen-bond acceptors (Lipinski definition) is 7. The quantitative estimate of drug-likeness (QED) is 0.104. The van der Waals surface area contributed by atoms with E-state index in [1.807, 2.05) is 6.92 Å². The highest BCUT2D eigenvalue weighted by Gasteiger charge is 2.09. The molecule has 0 bridgehead atoms. The summed E-state index contributed by atoms with van der Waals surface area (Å²) in [7, 11) is 0. The molecule has 8 heteroatoms. The second-order valence-corrected chi connectivity index (χ2v) is 8.09. The largest absolute Gasteiger partial charge is 0.494 e. The van der Waals surface area contributed by atoms with E-state index in [2.05, 4.69) is 17.5 Å². The number of nitrogens with one attached hydrogen (secondary N) is 1. The minimum atomic E-state index is -0.464. The smallest absolute Gasteiger partial charge is 0.343 e. The summed E-state index contributed by atoms with van der Waals surface area (Å²) in [5.41, 5.74) is 3.56. The van der Waals surface area contributed by atoms with Crippen LogP contribution < -0.4 is 24.4 Å². The summed E-state index contributed by atoms with van der Waals surface area (Å²) < 4.78 is 22.0. The zero-order chi connectivity index (χ0) is 26.3. The maximum atomic E-state index is 12.4. The first-order valence-corrected chi connectivity index (χ1v) is 12.3. The Balaban J connectivity index is 1.39. The molecule has 0 unspecified atom stereocenters. The third kappa shape index (κ3) is 9.68. The van der Waals surface area contributed by atoms with Gasteiger partial charge in [0.25, 0.3) is 5.91 Å². The number of esters is 1. The van der Waals surface area contributed by atoms with Gasteiger partial charge >= 0.3 is 5.97 Å². The summed E-state index contributed by atoms with van der Waals surface area (Å²) in [6.45, 7) is 5.27. The minimum Gasteiger partial charge on any atom is -0.494 e. The number of hydrazone groups is 1. The fourth-order valence-electron chi connectivity index (χ4n) is 3.02. The van der Waals surface area contributed by atoms with E-state index in [0.29, 0.717) is 36.0 Å². The number of carbonyl (C=O) groups is 2. The zero-order valence-electron chi connectivity index (χ0n) is 21.1. The van der Waals surface area contributed by atoms with Crippen molar-refractivity contribution in [3.63, 3.8) is 0 Å². The lowest BCUT2D eigenvalue weighted by Gasteiger charge is -2.08. The predicted molar refractivity (Wildman–Crippen MR) is 142 cm³/mol. The Kier molecular flexibility index (Phi) is 11.0. The van der Waals surface area contributed by atoms with Crippen molar-refractivity contribution in [2.45, 2.75) is 33.1 Å². The fourth-order valence-corrected chi connectivity index (χ4v) is 3.02. The molecule has 0 aliphatic carbocycles. The van der Waals surface area contributed by atoms with Crippen LogP contribution in [0.5, 0.6) is 23.0 Å². The van der Waals surface area contributed by atoms with Crippen LogP contribution in [-0.4, -0.2) is 37.9 Å². The highest BCUT2D eigenvalue weighted by atomic mass is 16.5. The molecule has 0 fully saturated rings. The van der Waals surface area contributed by atoms with Crippen molar-refractivity contribution in [2.75, 3.05) is 19.8 Å². The van der Waals surface area contributed by atoms with Gasteiger partial charge in [0.2, 0.25) is 0 Å². The highest BCUT2D eigenvalue weighted by molar-refractivity contribution is 5.91. The molecule has 0 aliphatic rings. The molecule has 0 aromatic heterocycles. The molecule has 3 rings (SSSR count). The summed E-state index contributed by atoms with van der Waals surface area (Å²) in [4.78, 5) is 24.3. The Hall–Kier alpha value is -4.33. The predicted octanol–water partition coefficient (Wildman–Crippen LogP) is 5.40. The van der Waals surface area contributed by atoms with E-state index >= 15 is 0 Å². The molecular formula is C29H32N2O6. The summed E-state index contributed by atoms with van der Waals surface area (Å²) in [5.74, 6) is 1.58. The number of rotatable bonds is 14. The second kappa shape index (κ2) is 14.9. The molecule has 3 aromatic carbocycles. The van der Waals surface area contributed by atoms with Crippen molar-refractivity contribution in [3.8, 4) is 23.0 Å². The van der Waals surface area contributed by atoms with E-state index in [1.165, 1.54) is 6.21 Å². The van der Waals surface area contributed by atoms with Crippen LogP contribution in [0.2, 0.25) is 0 Å². The average Bonchev–Trinajstić information content (AvgIpc) is 2.93. The number of nitrogens with zero attached hydrogens (tertiary/aromatic N) is 1. The fraction of sp³-hybridized carbons (Fsp3) is 0.276. The van der Waals surface area contributed by atoms with Crippen LogP contribution in [-0.2, 0) is 4.79 Å². The first-order chi connectivity index (χ1) is 18.1. The van der Waals surface area contributed by atoms with Gasteiger partial charge in [0.1, 0.15) is 23.0 Å². The van der Waals surface area contributed by atoms with Gasteiger partial charge < -0.3 is 18.9 Å². The van der Waals surface area contributed by atoms with Crippen LogP contribution in [0.15, 0.2) is 77.9 Å². The van der Waals surface area contributed by atoms with Crippen molar-refractivity contribution in [1.82, 2.24) is 5.43 Å². The number of carbonyl (C=O) groups excluding carboxylic acids is 2. The van der Waals surface area contributed by atoms with Crippen LogP contribution in [0.1, 0.15) is 49.0 Å². The van der Waals surface area contributed by atoms with Crippen molar-refractivity contribution in [3.05, 3.63) is 83.9 Å². The maximum absolute atomic E-state index is 12.4. The summed E-state index contributed by atoms with van der Waals surface area (Å²) in [6.07, 6.45) is 4.48. The molecule has 0 aliphatic heterocycles. The topological polar surface area (TPSA) is 95.5 Å². The van der Waals surface area contributed by atoms with Crippen LogP contribution in [0.3, 0.4) is 0 Å². The van der Waals surface area contributed by atoms with E-state index in [0.717, 1.165) is 30.6 Å². The van der Waals surface area contributed by atoms with E-state index in [-0.39, 0.29) is 6.61 Å². The van der Waals surface area contributed by atoms with Gasteiger partial charge in [0.05, 0.1) is 25.0 Å². The molecule has 1 amide bonds. The highest BCUT2D eigenvalue weighted by Crippen LogP contribution is 2.18. The number of hydrogen-bond donors (Lipinski definition) is 1. The molecule has 8 nitrogen and oxygen atoms in total. The molecule has 3 aromatic rings. The molecule has 1 N–H and O–H groups in total. The van der Waals surface area contributed by atoms with E-state index < -0.39 is 11.9 Å². The Morgan fingerprint density at radius 2 is 1.30 bits per heavy atom. The summed E-state index contributed by atoms with van der Waals surface area (Å²) >= 11 is 0. The van der Waals surface area contributed by atoms with Crippen molar-refractivity contribution < 1.29 is 28.5 Å². The van der Waals surface area contributed by atoms with E-state index in [9.17, 15) is 9.59 Å². The van der Waals surface area contributed by atoms with Crippen molar-refractivity contribution >= 4 is 18.1 Å². The zero-order valence-corrected chi connectivity index (χ0v) is 21.1. The third-order valence-electron chi connectivity index (χ3n) is 5.02. The lowest BCUT2D eigenvalue weighted by atomic mass is 10.2. The Morgan fingerprint density at radius 1 is 0.730 bits per heavy atom. The molecule has 0 atom stereocenters. The molecule has 37 heavy (non-hydrogen) atoms. The number of amides is 1. The van der Waals surface area contributed by atoms with Crippen LogP contribution >= 0.6 is 0 Å². The van der Waals surface area contributed by atoms with Gasteiger partial charge in [-0.2, -0.15) is 5.10 Å². The Labute approximate surface area is 217 Å². The number of benzene rings is 3. The molecule has 0 saturated carbocycles. The van der Waals surface area contributed by atoms with E-state index in [1.54, 1.807) is 72.8 Å². The lowest BCUT2D eigenvalue weighted by Crippen LogP contribution is -2.24. The average molecular weight is 505 g/mol. The second-order valence-electron chi connectivity index (χ2n) is 8.09. The Morgan fingerprint density at radius 3 is 1.92 bits per heavy atom. The SMILES string of the molecule is CCCCOc1ccc(OCC(=O)N/N=C\c2ccc(OC(=O)c3ccc(OCCC)cc3)cc2)cc1. The molecule has 194 valence electrons. The lowest BCUT2D eigenvalue weighted by molar-refractivity contribution is -0.123. The van der Waals surface area contributed by atoms with E-state index in [4.69, 9.17) is 18.9 Å². The van der Waals surface area contributed by atoms with Crippen molar-refractivity contribution in [1.29, 1.82) is 0 Å². The van der Waals surface area contributed by atoms with Crippen LogP contribution in [0.4, 0.5) is 0 Å². The van der Waals surface area contributed by atoms with Gasteiger partial charge in [-0.15, -0.1) is 0 Å². The molecule has 0 heterocycles. The van der Waals surface area contributed by atoms with Crippen molar-refractivity contribution in [2.24, 2.45) is 5.10 Å². The van der Waals surface area contributed by atoms with Crippen LogP contribution in [0, 0.1) is 0 Å². The number of unbranched alkanes of at least 4 members (excludes halogenated alkanes) is 1. The first-order valence-electron chi connectivity index (χ1n) is 12.3. The molecule has 0 radical (unpaired) electrons. The molecule has 0 saturated heterocycles. The summed E-state index contributed by atoms with van der Waals surface area (Å²) in [6, 6.07) is 20.7. The maximum Gasteiger partial charge on any atom is 0.343 e.